The molecule has 0 aliphatic carbocycles. The van der Waals surface area contributed by atoms with E-state index < -0.39 is 101 Å². The van der Waals surface area contributed by atoms with Crippen molar-refractivity contribution >= 4 is 72.8 Å². The number of rotatable bonds is 19. The third-order valence-electron chi connectivity index (χ3n) is 10.9. The number of nitrogens with zero attached hydrogens (tertiary/aromatic N) is 2. The van der Waals surface area contributed by atoms with Crippen molar-refractivity contribution < 1.29 is 47.8 Å². The van der Waals surface area contributed by atoms with E-state index in [9.17, 15) is 38.4 Å². The van der Waals surface area contributed by atoms with E-state index in [-0.39, 0.29) is 37.4 Å². The van der Waals surface area contributed by atoms with Crippen LogP contribution in [0.2, 0.25) is 0 Å². The number of amides is 7. The van der Waals surface area contributed by atoms with Gasteiger partial charge in [-0.25, -0.2) is 9.59 Å². The lowest BCUT2D eigenvalue weighted by Crippen LogP contribution is -2.60. The predicted molar refractivity (Wildman–Crippen MR) is 245 cm³/mol. The van der Waals surface area contributed by atoms with Gasteiger partial charge in [0.05, 0.1) is 7.11 Å². The van der Waals surface area contributed by atoms with E-state index in [1.807, 2.05) is 12.1 Å². The van der Waals surface area contributed by atoms with Crippen LogP contribution >= 0.6 is 25.3 Å². The monoisotopic (exact) mass is 925 g/mol. The van der Waals surface area contributed by atoms with E-state index in [4.69, 9.17) is 9.47 Å². The van der Waals surface area contributed by atoms with Crippen LogP contribution in [0.3, 0.4) is 0 Å². The molecule has 2 aromatic carbocycles. The van der Waals surface area contributed by atoms with Gasteiger partial charge >= 0.3 is 12.1 Å². The number of thiol groups is 2. The molecule has 350 valence electrons. The summed E-state index contributed by atoms with van der Waals surface area (Å²) in [7, 11) is 1.19. The zero-order chi connectivity index (χ0) is 47.1. The number of alkyl carbamates (subject to hydrolysis) is 1. The first-order chi connectivity index (χ1) is 30.4. The van der Waals surface area contributed by atoms with Crippen LogP contribution in [0.1, 0.15) is 71.4 Å². The van der Waals surface area contributed by atoms with Crippen LogP contribution in [0.4, 0.5) is 4.79 Å². The first-order valence-electron chi connectivity index (χ1n) is 21.6. The fourth-order valence-corrected chi connectivity index (χ4v) is 8.12. The lowest BCUT2D eigenvalue weighted by atomic mass is 10.0. The van der Waals surface area contributed by atoms with Crippen LogP contribution in [0.15, 0.2) is 60.7 Å². The summed E-state index contributed by atoms with van der Waals surface area (Å²) in [5.74, 6) is -4.68. The van der Waals surface area contributed by atoms with Gasteiger partial charge in [0.15, 0.2) is 0 Å². The molecule has 5 N–H and O–H groups in total. The Morgan fingerprint density at radius 1 is 0.656 bits per heavy atom. The minimum atomic E-state index is -1.19. The first-order valence-corrected chi connectivity index (χ1v) is 22.8. The molecule has 2 fully saturated rings. The van der Waals surface area contributed by atoms with Crippen LogP contribution in [0, 0.1) is 5.92 Å². The van der Waals surface area contributed by atoms with Crippen molar-refractivity contribution in [1.29, 1.82) is 0 Å². The van der Waals surface area contributed by atoms with E-state index >= 15 is 0 Å². The van der Waals surface area contributed by atoms with Crippen LogP contribution < -0.4 is 26.6 Å². The number of esters is 1. The summed E-state index contributed by atoms with van der Waals surface area (Å²) in [5, 5.41) is 13.5. The maximum atomic E-state index is 14.4. The second-order valence-electron chi connectivity index (χ2n) is 17.3. The normalized spacial score (nSPS) is 18.5. The molecule has 2 aliphatic rings. The highest BCUT2D eigenvalue weighted by atomic mass is 32.1. The summed E-state index contributed by atoms with van der Waals surface area (Å²) in [5.41, 5.74) is 0.645. The van der Waals surface area contributed by atoms with Crippen molar-refractivity contribution in [2.75, 3.05) is 31.7 Å². The van der Waals surface area contributed by atoms with E-state index in [1.165, 1.54) is 16.9 Å². The van der Waals surface area contributed by atoms with Gasteiger partial charge in [0, 0.05) is 37.4 Å². The number of carbonyl (C=O) groups is 8. The summed E-state index contributed by atoms with van der Waals surface area (Å²) >= 11 is 8.41. The van der Waals surface area contributed by atoms with Gasteiger partial charge in [0.1, 0.15) is 47.9 Å². The van der Waals surface area contributed by atoms with Gasteiger partial charge in [-0.1, -0.05) is 74.5 Å². The van der Waals surface area contributed by atoms with Gasteiger partial charge in [-0.2, -0.15) is 25.3 Å². The van der Waals surface area contributed by atoms with Gasteiger partial charge in [0.2, 0.25) is 35.4 Å². The average molecular weight is 926 g/mol. The molecule has 0 radical (unpaired) electrons. The molecule has 0 saturated carbocycles. The predicted octanol–water partition coefficient (Wildman–Crippen LogP) is 1.97. The first kappa shape index (κ1) is 51.3. The molecule has 7 amide bonds. The Kier molecular flexibility index (Phi) is 19.3. The highest BCUT2D eigenvalue weighted by Crippen LogP contribution is 2.27. The minimum absolute atomic E-state index is 0.0504. The fourth-order valence-electron chi connectivity index (χ4n) is 7.62. The van der Waals surface area contributed by atoms with Crippen LogP contribution in [0.5, 0.6) is 0 Å². The SMILES string of the molecule is COC(=O)[C@H](CS)NC(=O)[C@H](Cc1ccccc1)NC(=O)[C@H](Cc1ccccc1)NC(=O)[C@@H]1CCCN1C(=O)[C@@H]1CCCN1C(=O)[C@@H](NC(=O)[C@H](CS)NC(=O)OC(C)(C)C)C(C)C. The van der Waals surface area contributed by atoms with Crippen molar-refractivity contribution in [2.45, 2.75) is 121 Å². The third-order valence-corrected chi connectivity index (χ3v) is 11.6. The topological polar surface area (TPSA) is 222 Å². The average Bonchev–Trinajstić information content (AvgIpc) is 3.97. The van der Waals surface area contributed by atoms with E-state index in [1.54, 1.807) is 83.1 Å². The second kappa shape index (κ2) is 24.1. The smallest absolute Gasteiger partial charge is 0.408 e. The molecule has 7 atom stereocenters. The number of likely N-dealkylation sites (tertiary alicyclic amines) is 2. The van der Waals surface area contributed by atoms with Crippen LogP contribution in [0.25, 0.3) is 0 Å². The van der Waals surface area contributed by atoms with Crippen molar-refractivity contribution in [3.05, 3.63) is 71.8 Å². The molecular weight excluding hydrogens is 863 g/mol. The van der Waals surface area contributed by atoms with Crippen molar-refractivity contribution in [3.63, 3.8) is 0 Å². The quantitative estimate of drug-likeness (QED) is 0.0803. The molecule has 0 spiro atoms. The Bertz CT molecular complexity index is 1950. The highest BCUT2D eigenvalue weighted by Gasteiger charge is 2.45. The molecule has 4 rings (SSSR count). The van der Waals surface area contributed by atoms with Crippen molar-refractivity contribution in [1.82, 2.24) is 36.4 Å². The molecular formula is C45H63N7O10S2. The summed E-state index contributed by atoms with van der Waals surface area (Å²) in [6.07, 6.45) is 0.937. The molecule has 0 unspecified atom stereocenters. The van der Waals surface area contributed by atoms with Gasteiger partial charge in [-0.05, 0) is 63.5 Å². The zero-order valence-corrected chi connectivity index (χ0v) is 39.1. The van der Waals surface area contributed by atoms with Gasteiger partial charge in [-0.3, -0.25) is 28.8 Å². The molecule has 2 aliphatic heterocycles. The Labute approximate surface area is 386 Å². The molecule has 2 saturated heterocycles. The summed E-state index contributed by atoms with van der Waals surface area (Å²) in [6, 6.07) is 10.5. The molecule has 19 heteroatoms. The molecule has 2 heterocycles. The van der Waals surface area contributed by atoms with Crippen molar-refractivity contribution in [2.24, 2.45) is 5.92 Å². The third kappa shape index (κ3) is 14.6. The Morgan fingerprint density at radius 2 is 1.14 bits per heavy atom. The number of methoxy groups -OCH3 is 1. The number of benzene rings is 2. The van der Waals surface area contributed by atoms with Gasteiger partial charge < -0.3 is 45.9 Å². The highest BCUT2D eigenvalue weighted by molar-refractivity contribution is 7.80. The standard InChI is InChI=1S/C45H63N7O10S2/c1-27(2)36(50-39(55)32(25-63)49-44(60)62-45(3,4)5)42(58)52-22-14-20-35(52)41(57)51-21-13-19-34(51)40(56)47-31(24-29-17-11-8-12-18-29)37(53)46-30(23-28-15-9-7-10-16-28)38(54)48-33(26-64)43(59)61-6/h7-12,15-18,27,30-36,63-64H,13-14,19-26H2,1-6H3,(H,46,53)(H,47,56)(H,48,54)(H,49,60)(H,50,55)/t30-,31-,32-,33-,34-,35-,36-/m0/s1. The lowest BCUT2D eigenvalue weighted by molar-refractivity contribution is -0.148. The summed E-state index contributed by atoms with van der Waals surface area (Å²) < 4.78 is 10.1. The second-order valence-corrected chi connectivity index (χ2v) is 18.0. The number of hydrogen-bond acceptors (Lipinski definition) is 12. The lowest BCUT2D eigenvalue weighted by Gasteiger charge is -2.34. The summed E-state index contributed by atoms with van der Waals surface area (Å²) in [6.45, 7) is 9.06. The van der Waals surface area contributed by atoms with E-state index in [2.05, 4.69) is 51.8 Å². The number of hydrogen-bond donors (Lipinski definition) is 7. The Hall–Kier alpha value is -5.30. The minimum Gasteiger partial charge on any atom is -0.467 e. The van der Waals surface area contributed by atoms with Crippen molar-refractivity contribution in [3.8, 4) is 0 Å². The fraction of sp³-hybridized carbons (Fsp3) is 0.556. The number of ether oxygens (including phenoxy) is 2. The van der Waals surface area contributed by atoms with Gasteiger partial charge in [0.25, 0.3) is 0 Å². The largest absolute Gasteiger partial charge is 0.467 e. The van der Waals surface area contributed by atoms with Crippen LogP contribution in [-0.2, 0) is 55.9 Å². The molecule has 2 aromatic rings. The molecule has 0 aromatic heterocycles. The zero-order valence-electron chi connectivity index (χ0n) is 37.3. The molecule has 17 nitrogen and oxygen atoms in total. The molecule has 64 heavy (non-hydrogen) atoms. The number of carbonyl (C=O) groups excluding carboxylic acids is 8. The van der Waals surface area contributed by atoms with E-state index in [0.717, 1.165) is 11.1 Å². The van der Waals surface area contributed by atoms with Gasteiger partial charge in [-0.15, -0.1) is 0 Å². The Morgan fingerprint density at radius 3 is 1.64 bits per heavy atom. The maximum Gasteiger partial charge on any atom is 0.408 e. The summed E-state index contributed by atoms with van der Waals surface area (Å²) in [4.78, 5) is 112. The van der Waals surface area contributed by atoms with Crippen LogP contribution in [-0.4, -0.2) is 137 Å². The van der Waals surface area contributed by atoms with E-state index in [0.29, 0.717) is 25.7 Å². The Balaban J connectivity index is 1.52. The number of nitrogens with one attached hydrogen (secondary N) is 5. The maximum absolute atomic E-state index is 14.4. The molecule has 0 bridgehead atoms.